The van der Waals surface area contributed by atoms with Crippen LogP contribution in [0.5, 0.6) is 11.5 Å². The highest BCUT2D eigenvalue weighted by atomic mass is 32.1. The zero-order valence-electron chi connectivity index (χ0n) is 11.9. The van der Waals surface area contributed by atoms with Crippen molar-refractivity contribution in [1.82, 2.24) is 10.2 Å². The van der Waals surface area contributed by atoms with Gasteiger partial charge in [0, 0.05) is 37.8 Å². The van der Waals surface area contributed by atoms with Gasteiger partial charge in [-0.2, -0.15) is 0 Å². The molecule has 1 heterocycles. The Hall–Kier alpha value is -1.37. The second kappa shape index (κ2) is 6.88. The summed E-state index contributed by atoms with van der Waals surface area (Å²) < 4.78 is 10.7. The van der Waals surface area contributed by atoms with E-state index < -0.39 is 0 Å². The van der Waals surface area contributed by atoms with Crippen LogP contribution in [0.2, 0.25) is 0 Å². The van der Waals surface area contributed by atoms with Crippen LogP contribution in [0.15, 0.2) is 18.2 Å². The Morgan fingerprint density at radius 2 is 2.00 bits per heavy atom. The van der Waals surface area contributed by atoms with Gasteiger partial charge in [-0.05, 0) is 12.1 Å². The van der Waals surface area contributed by atoms with E-state index in [1.165, 1.54) is 0 Å². The highest BCUT2D eigenvalue weighted by Crippen LogP contribution is 2.33. The molecule has 0 saturated carbocycles. The Balaban J connectivity index is 2.35. The van der Waals surface area contributed by atoms with E-state index in [2.05, 4.69) is 10.2 Å². The molecule has 1 aliphatic heterocycles. The molecule has 6 heteroatoms. The van der Waals surface area contributed by atoms with Crippen LogP contribution in [0.4, 0.5) is 0 Å². The summed E-state index contributed by atoms with van der Waals surface area (Å²) in [4.78, 5) is 2.75. The summed E-state index contributed by atoms with van der Waals surface area (Å²) >= 11 is 5.28. The van der Waals surface area contributed by atoms with E-state index in [9.17, 15) is 0 Å². The number of rotatable bonds is 5. The van der Waals surface area contributed by atoms with Crippen molar-refractivity contribution in [2.24, 2.45) is 5.73 Å². The quantitative estimate of drug-likeness (QED) is 0.788. The zero-order valence-corrected chi connectivity index (χ0v) is 12.7. The van der Waals surface area contributed by atoms with Crippen molar-refractivity contribution >= 4 is 17.2 Å². The number of nitrogens with one attached hydrogen (secondary N) is 1. The molecule has 1 aromatic rings. The molecule has 110 valence electrons. The number of nitrogens with two attached hydrogens (primary N) is 1. The zero-order chi connectivity index (χ0) is 14.5. The van der Waals surface area contributed by atoms with Gasteiger partial charge in [-0.3, -0.25) is 4.90 Å². The fourth-order valence-corrected chi connectivity index (χ4v) is 2.79. The molecule has 1 fully saturated rings. The summed E-state index contributed by atoms with van der Waals surface area (Å²) in [6, 6.07) is 5.64. The van der Waals surface area contributed by atoms with Crippen molar-refractivity contribution in [2.45, 2.75) is 6.04 Å². The third kappa shape index (κ3) is 3.20. The van der Waals surface area contributed by atoms with Gasteiger partial charge in [-0.15, -0.1) is 0 Å². The van der Waals surface area contributed by atoms with E-state index in [4.69, 9.17) is 27.4 Å². The first kappa shape index (κ1) is 15.0. The van der Waals surface area contributed by atoms with Gasteiger partial charge in [0.2, 0.25) is 0 Å². The third-order valence-corrected chi connectivity index (χ3v) is 3.74. The van der Waals surface area contributed by atoms with Crippen LogP contribution in [-0.4, -0.2) is 50.3 Å². The van der Waals surface area contributed by atoms with E-state index in [0.29, 0.717) is 4.99 Å². The molecule has 0 radical (unpaired) electrons. The molecule has 1 aliphatic rings. The Morgan fingerprint density at radius 3 is 2.55 bits per heavy atom. The summed E-state index contributed by atoms with van der Waals surface area (Å²) in [7, 11) is 3.28. The Kier molecular flexibility index (Phi) is 5.17. The minimum Gasteiger partial charge on any atom is -0.497 e. The SMILES string of the molecule is COc1ccc(C(C(N)=S)N2CCNCC2)c(OC)c1. The number of piperazine rings is 1. The van der Waals surface area contributed by atoms with Crippen LogP contribution in [-0.2, 0) is 0 Å². The van der Waals surface area contributed by atoms with Gasteiger partial charge >= 0.3 is 0 Å². The first-order valence-corrected chi connectivity index (χ1v) is 7.04. The average Bonchev–Trinajstić information content (AvgIpc) is 2.48. The van der Waals surface area contributed by atoms with Gasteiger partial charge in [0.25, 0.3) is 0 Å². The highest BCUT2D eigenvalue weighted by molar-refractivity contribution is 7.80. The molecule has 1 aromatic carbocycles. The summed E-state index contributed by atoms with van der Waals surface area (Å²) in [6.07, 6.45) is 0. The average molecular weight is 295 g/mol. The van der Waals surface area contributed by atoms with E-state index in [1.807, 2.05) is 18.2 Å². The predicted molar refractivity (Wildman–Crippen MR) is 83.5 cm³/mol. The highest BCUT2D eigenvalue weighted by Gasteiger charge is 2.27. The van der Waals surface area contributed by atoms with Crippen molar-refractivity contribution in [1.29, 1.82) is 0 Å². The maximum Gasteiger partial charge on any atom is 0.127 e. The maximum absolute atomic E-state index is 5.98. The lowest BCUT2D eigenvalue weighted by molar-refractivity contribution is 0.212. The second-order valence-corrected chi connectivity index (χ2v) is 5.17. The smallest absolute Gasteiger partial charge is 0.127 e. The summed E-state index contributed by atoms with van der Waals surface area (Å²) in [6.45, 7) is 3.71. The van der Waals surface area contributed by atoms with E-state index in [0.717, 1.165) is 43.2 Å². The molecule has 0 aromatic heterocycles. The van der Waals surface area contributed by atoms with Gasteiger partial charge in [-0.1, -0.05) is 12.2 Å². The molecule has 0 aliphatic carbocycles. The van der Waals surface area contributed by atoms with Crippen LogP contribution in [0, 0.1) is 0 Å². The van der Waals surface area contributed by atoms with Crippen LogP contribution >= 0.6 is 12.2 Å². The van der Waals surface area contributed by atoms with Crippen molar-refractivity contribution in [2.75, 3.05) is 40.4 Å². The molecule has 1 saturated heterocycles. The fraction of sp³-hybridized carbons (Fsp3) is 0.500. The molecular formula is C14H21N3O2S. The van der Waals surface area contributed by atoms with Crippen LogP contribution in [0.1, 0.15) is 11.6 Å². The lowest BCUT2D eigenvalue weighted by atomic mass is 10.0. The van der Waals surface area contributed by atoms with Gasteiger partial charge in [-0.25, -0.2) is 0 Å². The van der Waals surface area contributed by atoms with Crippen molar-refractivity contribution in [3.8, 4) is 11.5 Å². The monoisotopic (exact) mass is 295 g/mol. The normalized spacial score (nSPS) is 17.5. The maximum atomic E-state index is 5.98. The molecular weight excluding hydrogens is 274 g/mol. The first-order valence-electron chi connectivity index (χ1n) is 6.63. The van der Waals surface area contributed by atoms with Crippen LogP contribution in [0.25, 0.3) is 0 Å². The third-order valence-electron chi connectivity index (χ3n) is 3.52. The second-order valence-electron chi connectivity index (χ2n) is 4.70. The summed E-state index contributed by atoms with van der Waals surface area (Å²) in [5.41, 5.74) is 6.96. The van der Waals surface area contributed by atoms with Crippen LogP contribution < -0.4 is 20.5 Å². The molecule has 0 amide bonds. The summed E-state index contributed by atoms with van der Waals surface area (Å²) in [5, 5.41) is 3.33. The van der Waals surface area contributed by atoms with E-state index >= 15 is 0 Å². The molecule has 0 spiro atoms. The number of nitrogens with zero attached hydrogens (tertiary/aromatic N) is 1. The number of benzene rings is 1. The van der Waals surface area contributed by atoms with Crippen LogP contribution in [0.3, 0.4) is 0 Å². The molecule has 2 rings (SSSR count). The lowest BCUT2D eigenvalue weighted by Gasteiger charge is -2.35. The minimum absolute atomic E-state index is 0.104. The Labute approximate surface area is 125 Å². The van der Waals surface area contributed by atoms with E-state index in [-0.39, 0.29) is 6.04 Å². The molecule has 1 unspecified atom stereocenters. The van der Waals surface area contributed by atoms with Gasteiger partial charge in [0.05, 0.1) is 25.2 Å². The number of hydrogen-bond acceptors (Lipinski definition) is 5. The molecule has 20 heavy (non-hydrogen) atoms. The number of thiocarbonyl (C=S) groups is 1. The Bertz CT molecular complexity index is 475. The fourth-order valence-electron chi connectivity index (χ4n) is 2.51. The molecule has 0 bridgehead atoms. The van der Waals surface area contributed by atoms with Gasteiger partial charge in [0.15, 0.2) is 0 Å². The largest absolute Gasteiger partial charge is 0.497 e. The molecule has 3 N–H and O–H groups in total. The van der Waals surface area contributed by atoms with Crippen molar-refractivity contribution < 1.29 is 9.47 Å². The van der Waals surface area contributed by atoms with Gasteiger partial charge < -0.3 is 20.5 Å². The van der Waals surface area contributed by atoms with Gasteiger partial charge in [0.1, 0.15) is 11.5 Å². The molecule has 5 nitrogen and oxygen atoms in total. The number of ether oxygens (including phenoxy) is 2. The lowest BCUT2D eigenvalue weighted by Crippen LogP contribution is -2.48. The van der Waals surface area contributed by atoms with Crippen molar-refractivity contribution in [3.63, 3.8) is 0 Å². The predicted octanol–water partition coefficient (Wildman–Crippen LogP) is 0.936. The van der Waals surface area contributed by atoms with Crippen molar-refractivity contribution in [3.05, 3.63) is 23.8 Å². The minimum atomic E-state index is -0.104. The number of hydrogen-bond donors (Lipinski definition) is 2. The standard InChI is InChI=1S/C14H21N3O2S/c1-18-10-3-4-11(12(9-10)19-2)13(14(15)20)17-7-5-16-6-8-17/h3-4,9,13,16H,5-8H2,1-2H3,(H2,15,20). The summed E-state index contributed by atoms with van der Waals surface area (Å²) in [5.74, 6) is 1.51. The topological polar surface area (TPSA) is 59.8 Å². The first-order chi connectivity index (χ1) is 9.67. The number of methoxy groups -OCH3 is 2. The molecule has 1 atom stereocenters. The van der Waals surface area contributed by atoms with E-state index in [1.54, 1.807) is 14.2 Å². The Morgan fingerprint density at radius 1 is 1.30 bits per heavy atom.